The molecule has 132 valence electrons. The number of ether oxygens (including phenoxy) is 1. The van der Waals surface area contributed by atoms with Crippen LogP contribution in [0.3, 0.4) is 0 Å². The molecule has 4 heteroatoms. The maximum absolute atomic E-state index is 10.6. The summed E-state index contributed by atoms with van der Waals surface area (Å²) in [6.45, 7) is 5.48. The van der Waals surface area contributed by atoms with Crippen LogP contribution in [0.1, 0.15) is 64.2 Å². The average molecular weight is 331 g/mol. The second-order valence-corrected chi connectivity index (χ2v) is 7.06. The van der Waals surface area contributed by atoms with E-state index in [2.05, 4.69) is 25.2 Å². The predicted molar refractivity (Wildman–Crippen MR) is 96.5 cm³/mol. The van der Waals surface area contributed by atoms with Crippen LogP contribution in [-0.2, 0) is 0 Å². The fourth-order valence-corrected chi connectivity index (χ4v) is 3.43. The van der Waals surface area contributed by atoms with E-state index in [-0.39, 0.29) is 6.04 Å². The van der Waals surface area contributed by atoms with E-state index in [9.17, 15) is 5.11 Å². The van der Waals surface area contributed by atoms with Gasteiger partial charge in [-0.3, -0.25) is 0 Å². The fraction of sp³-hybridized carbons (Fsp3) is 0.600. The highest BCUT2D eigenvalue weighted by Gasteiger charge is 2.29. The van der Waals surface area contributed by atoms with Crippen LogP contribution in [0.15, 0.2) is 28.7 Å². The fourth-order valence-electron chi connectivity index (χ4n) is 3.43. The Hall–Kier alpha value is -1.52. The van der Waals surface area contributed by atoms with Crippen LogP contribution in [0.5, 0.6) is 5.75 Å². The normalized spacial score (nSPS) is 18.6. The standard InChI is InChI=1S/C20H29NO3/c1-3-12-23-17-9-7-8-16-13-18(24-19(16)17)15(2)21-14-20(22)10-5-4-6-11-20/h7-9,13,15,21-22H,3-6,10-12,14H2,1-2H3. The molecular formula is C20H29NO3. The van der Waals surface area contributed by atoms with Crippen molar-refractivity contribution in [2.45, 2.75) is 64.0 Å². The van der Waals surface area contributed by atoms with Gasteiger partial charge >= 0.3 is 0 Å². The summed E-state index contributed by atoms with van der Waals surface area (Å²) >= 11 is 0. The number of fused-ring (bicyclic) bond motifs is 1. The van der Waals surface area contributed by atoms with Crippen molar-refractivity contribution in [1.29, 1.82) is 0 Å². The first-order valence-electron chi connectivity index (χ1n) is 9.22. The lowest BCUT2D eigenvalue weighted by Crippen LogP contribution is -2.42. The molecule has 0 bridgehead atoms. The highest BCUT2D eigenvalue weighted by atomic mass is 16.5. The van der Waals surface area contributed by atoms with Crippen LogP contribution >= 0.6 is 0 Å². The van der Waals surface area contributed by atoms with Gasteiger partial charge in [-0.2, -0.15) is 0 Å². The van der Waals surface area contributed by atoms with E-state index in [0.29, 0.717) is 13.2 Å². The summed E-state index contributed by atoms with van der Waals surface area (Å²) in [6.07, 6.45) is 6.23. The molecule has 0 amide bonds. The monoisotopic (exact) mass is 331 g/mol. The molecule has 0 spiro atoms. The van der Waals surface area contributed by atoms with E-state index in [1.807, 2.05) is 18.2 Å². The van der Waals surface area contributed by atoms with Crippen molar-refractivity contribution in [2.24, 2.45) is 0 Å². The highest BCUT2D eigenvalue weighted by Crippen LogP contribution is 2.32. The molecule has 1 atom stereocenters. The third kappa shape index (κ3) is 3.93. The van der Waals surface area contributed by atoms with Gasteiger partial charge in [0.1, 0.15) is 5.76 Å². The molecule has 1 heterocycles. The summed E-state index contributed by atoms with van der Waals surface area (Å²) in [5, 5.41) is 15.1. The van der Waals surface area contributed by atoms with Crippen molar-refractivity contribution in [1.82, 2.24) is 5.32 Å². The molecule has 24 heavy (non-hydrogen) atoms. The Balaban J connectivity index is 1.69. The van der Waals surface area contributed by atoms with E-state index >= 15 is 0 Å². The molecule has 0 aliphatic heterocycles. The van der Waals surface area contributed by atoms with Gasteiger partial charge in [-0.15, -0.1) is 0 Å². The maximum Gasteiger partial charge on any atom is 0.176 e. The number of rotatable bonds is 7. The van der Waals surface area contributed by atoms with Gasteiger partial charge in [0.2, 0.25) is 0 Å². The van der Waals surface area contributed by atoms with Crippen molar-refractivity contribution in [2.75, 3.05) is 13.2 Å². The molecule has 1 aromatic carbocycles. The Morgan fingerprint density at radius 1 is 1.29 bits per heavy atom. The minimum Gasteiger partial charge on any atom is -0.490 e. The van der Waals surface area contributed by atoms with Crippen molar-refractivity contribution >= 4 is 11.0 Å². The molecule has 1 aromatic heterocycles. The lowest BCUT2D eigenvalue weighted by molar-refractivity contribution is 0.00258. The minimum absolute atomic E-state index is 0.0578. The van der Waals surface area contributed by atoms with Crippen LogP contribution in [0, 0.1) is 0 Å². The number of benzene rings is 1. The van der Waals surface area contributed by atoms with Gasteiger partial charge in [0, 0.05) is 11.9 Å². The van der Waals surface area contributed by atoms with Gasteiger partial charge in [-0.1, -0.05) is 38.3 Å². The van der Waals surface area contributed by atoms with Crippen LogP contribution in [0.4, 0.5) is 0 Å². The van der Waals surface area contributed by atoms with Crippen molar-refractivity contribution < 1.29 is 14.3 Å². The summed E-state index contributed by atoms with van der Waals surface area (Å²) < 4.78 is 11.8. The van der Waals surface area contributed by atoms with Crippen LogP contribution in [0.2, 0.25) is 0 Å². The molecule has 2 N–H and O–H groups in total. The Bertz CT molecular complexity index is 658. The van der Waals surface area contributed by atoms with Gasteiger partial charge in [-0.25, -0.2) is 0 Å². The van der Waals surface area contributed by atoms with Gasteiger partial charge in [-0.05, 0) is 38.3 Å². The second kappa shape index (κ2) is 7.58. The zero-order chi connectivity index (χ0) is 17.0. The Labute approximate surface area is 144 Å². The van der Waals surface area contributed by atoms with Crippen LogP contribution in [-0.4, -0.2) is 23.9 Å². The summed E-state index contributed by atoms with van der Waals surface area (Å²) in [5.74, 6) is 1.69. The van der Waals surface area contributed by atoms with E-state index < -0.39 is 5.60 Å². The predicted octanol–water partition coefficient (Wildman–Crippen LogP) is 4.57. The smallest absolute Gasteiger partial charge is 0.176 e. The van der Waals surface area contributed by atoms with E-state index in [0.717, 1.165) is 54.6 Å². The van der Waals surface area contributed by atoms with E-state index in [1.165, 1.54) is 6.42 Å². The highest BCUT2D eigenvalue weighted by molar-refractivity contribution is 5.83. The zero-order valence-electron chi connectivity index (χ0n) is 14.8. The van der Waals surface area contributed by atoms with Crippen molar-refractivity contribution in [3.63, 3.8) is 0 Å². The van der Waals surface area contributed by atoms with Gasteiger partial charge in [0.25, 0.3) is 0 Å². The molecule has 1 aliphatic rings. The van der Waals surface area contributed by atoms with Gasteiger partial charge in [0.15, 0.2) is 11.3 Å². The molecular weight excluding hydrogens is 302 g/mol. The van der Waals surface area contributed by atoms with Gasteiger partial charge in [0.05, 0.1) is 18.2 Å². The third-order valence-electron chi connectivity index (χ3n) is 4.94. The van der Waals surface area contributed by atoms with Crippen LogP contribution in [0.25, 0.3) is 11.0 Å². The quantitative estimate of drug-likeness (QED) is 0.780. The number of aliphatic hydroxyl groups is 1. The average Bonchev–Trinajstić information content (AvgIpc) is 3.03. The molecule has 1 aliphatic carbocycles. The Morgan fingerprint density at radius 2 is 2.08 bits per heavy atom. The summed E-state index contributed by atoms with van der Waals surface area (Å²) in [4.78, 5) is 0. The summed E-state index contributed by atoms with van der Waals surface area (Å²) in [7, 11) is 0. The molecule has 3 rings (SSSR count). The summed E-state index contributed by atoms with van der Waals surface area (Å²) in [5.41, 5.74) is 0.250. The Morgan fingerprint density at radius 3 is 2.83 bits per heavy atom. The van der Waals surface area contributed by atoms with E-state index in [1.54, 1.807) is 0 Å². The lowest BCUT2D eigenvalue weighted by Gasteiger charge is -2.33. The SMILES string of the molecule is CCCOc1cccc2cc(C(C)NCC3(O)CCCCC3)oc12. The van der Waals surface area contributed by atoms with Crippen LogP contribution < -0.4 is 10.1 Å². The van der Waals surface area contributed by atoms with Gasteiger partial charge < -0.3 is 19.6 Å². The number of para-hydroxylation sites is 1. The second-order valence-electron chi connectivity index (χ2n) is 7.06. The molecule has 2 aromatic rings. The lowest BCUT2D eigenvalue weighted by atomic mass is 9.85. The molecule has 0 radical (unpaired) electrons. The largest absolute Gasteiger partial charge is 0.490 e. The number of nitrogens with one attached hydrogen (secondary N) is 1. The molecule has 1 fully saturated rings. The molecule has 1 unspecified atom stereocenters. The number of furan rings is 1. The zero-order valence-corrected chi connectivity index (χ0v) is 14.8. The number of hydrogen-bond acceptors (Lipinski definition) is 4. The first kappa shape index (κ1) is 17.3. The molecule has 1 saturated carbocycles. The Kier molecular flexibility index (Phi) is 5.47. The first-order valence-corrected chi connectivity index (χ1v) is 9.22. The van der Waals surface area contributed by atoms with Crippen molar-refractivity contribution in [3.05, 3.63) is 30.0 Å². The van der Waals surface area contributed by atoms with E-state index in [4.69, 9.17) is 9.15 Å². The van der Waals surface area contributed by atoms with Crippen molar-refractivity contribution in [3.8, 4) is 5.75 Å². The topological polar surface area (TPSA) is 54.6 Å². The minimum atomic E-state index is -0.562. The number of hydrogen-bond donors (Lipinski definition) is 2. The maximum atomic E-state index is 10.6. The first-order chi connectivity index (χ1) is 11.6. The third-order valence-corrected chi connectivity index (χ3v) is 4.94. The summed E-state index contributed by atoms with van der Waals surface area (Å²) in [6, 6.07) is 8.12. The molecule has 0 saturated heterocycles. The molecule has 4 nitrogen and oxygen atoms in total.